The molecule has 0 atom stereocenters. The zero-order valence-electron chi connectivity index (χ0n) is 12.1. The lowest BCUT2D eigenvalue weighted by molar-refractivity contribution is 0.125. The Hall–Kier alpha value is -0.780. The highest BCUT2D eigenvalue weighted by molar-refractivity contribution is 9.10. The number of halogens is 1. The average molecular weight is 344 g/mol. The first-order valence-electron chi connectivity index (χ1n) is 7.03. The second-order valence-electron chi connectivity index (χ2n) is 5.27. The van der Waals surface area contributed by atoms with E-state index in [1.165, 1.54) is 0 Å². The van der Waals surface area contributed by atoms with Gasteiger partial charge in [0.1, 0.15) is 0 Å². The summed E-state index contributed by atoms with van der Waals surface area (Å²) in [6.07, 6.45) is 1.12. The predicted molar refractivity (Wildman–Crippen MR) is 82.2 cm³/mol. The van der Waals surface area contributed by atoms with Crippen molar-refractivity contribution in [2.24, 2.45) is 5.92 Å². The Balaban J connectivity index is 1.67. The van der Waals surface area contributed by atoms with E-state index in [0.717, 1.165) is 54.3 Å². The summed E-state index contributed by atoms with van der Waals surface area (Å²) in [5.74, 6) is 2.32. The van der Waals surface area contributed by atoms with Crippen LogP contribution < -0.4 is 14.8 Å². The summed E-state index contributed by atoms with van der Waals surface area (Å²) in [6, 6.07) is 3.97. The van der Waals surface area contributed by atoms with E-state index in [2.05, 4.69) is 35.1 Å². The van der Waals surface area contributed by atoms with E-state index in [1.807, 2.05) is 12.1 Å². The van der Waals surface area contributed by atoms with Crippen LogP contribution in [0.4, 0.5) is 0 Å². The molecule has 1 aliphatic heterocycles. The Morgan fingerprint density at radius 2 is 2.00 bits per heavy atom. The van der Waals surface area contributed by atoms with E-state index >= 15 is 0 Å². The molecule has 1 N–H and O–H groups in total. The molecule has 0 spiro atoms. The molecular weight excluding hydrogens is 322 g/mol. The zero-order chi connectivity index (χ0) is 14.4. The van der Waals surface area contributed by atoms with Crippen LogP contribution in [0.3, 0.4) is 0 Å². The smallest absolute Gasteiger partial charge is 0.231 e. The van der Waals surface area contributed by atoms with E-state index in [0.29, 0.717) is 12.7 Å². The minimum Gasteiger partial charge on any atom is -0.454 e. The SMILES string of the molecule is CC(C)CCOCCNCc1cc2c(cc1Br)OCO2. The van der Waals surface area contributed by atoms with Gasteiger partial charge in [-0.05, 0) is 30.0 Å². The fourth-order valence-electron chi connectivity index (χ4n) is 1.88. The summed E-state index contributed by atoms with van der Waals surface area (Å²) in [7, 11) is 0. The van der Waals surface area contributed by atoms with Gasteiger partial charge in [0, 0.05) is 24.2 Å². The molecule has 1 aromatic rings. The Bertz CT molecular complexity index is 437. The highest BCUT2D eigenvalue weighted by Crippen LogP contribution is 2.36. The van der Waals surface area contributed by atoms with Gasteiger partial charge in [-0.15, -0.1) is 0 Å². The second kappa shape index (κ2) is 7.86. The third kappa shape index (κ3) is 4.65. The van der Waals surface area contributed by atoms with Crippen molar-refractivity contribution in [3.63, 3.8) is 0 Å². The largest absolute Gasteiger partial charge is 0.454 e. The number of nitrogens with one attached hydrogen (secondary N) is 1. The fraction of sp³-hybridized carbons (Fsp3) is 0.600. The van der Waals surface area contributed by atoms with Crippen LogP contribution in [-0.2, 0) is 11.3 Å². The number of rotatable bonds is 8. The van der Waals surface area contributed by atoms with Gasteiger partial charge in [-0.1, -0.05) is 29.8 Å². The molecule has 5 heteroatoms. The number of hydrogen-bond acceptors (Lipinski definition) is 4. The van der Waals surface area contributed by atoms with Gasteiger partial charge in [0.15, 0.2) is 11.5 Å². The van der Waals surface area contributed by atoms with Crippen molar-refractivity contribution in [3.8, 4) is 11.5 Å². The lowest BCUT2D eigenvalue weighted by Gasteiger charge is -2.09. The molecule has 0 amide bonds. The summed E-state index contributed by atoms with van der Waals surface area (Å²) in [6.45, 7) is 7.94. The van der Waals surface area contributed by atoms with E-state index in [4.69, 9.17) is 14.2 Å². The Kier molecular flexibility index (Phi) is 6.13. The molecule has 112 valence electrons. The third-order valence-electron chi connectivity index (χ3n) is 3.12. The van der Waals surface area contributed by atoms with Gasteiger partial charge in [0.25, 0.3) is 0 Å². The van der Waals surface area contributed by atoms with E-state index < -0.39 is 0 Å². The molecule has 0 aliphatic carbocycles. The standard InChI is InChI=1S/C15H22BrNO3/c1-11(2)3-5-18-6-4-17-9-12-7-14-15(8-13(12)16)20-10-19-14/h7-8,11,17H,3-6,9-10H2,1-2H3. The number of benzene rings is 1. The summed E-state index contributed by atoms with van der Waals surface area (Å²) >= 11 is 3.55. The number of hydrogen-bond donors (Lipinski definition) is 1. The van der Waals surface area contributed by atoms with Crippen molar-refractivity contribution in [1.29, 1.82) is 0 Å². The Labute approximate surface area is 128 Å². The molecule has 0 radical (unpaired) electrons. The molecule has 4 nitrogen and oxygen atoms in total. The molecule has 0 fully saturated rings. The van der Waals surface area contributed by atoms with Crippen molar-refractivity contribution in [2.45, 2.75) is 26.8 Å². The predicted octanol–water partition coefficient (Wildman–Crippen LogP) is 3.33. The maximum Gasteiger partial charge on any atom is 0.231 e. The first-order chi connectivity index (χ1) is 9.66. The molecule has 1 heterocycles. The van der Waals surface area contributed by atoms with Crippen LogP contribution in [0.5, 0.6) is 11.5 Å². The lowest BCUT2D eigenvalue weighted by Crippen LogP contribution is -2.20. The zero-order valence-corrected chi connectivity index (χ0v) is 13.7. The summed E-state index contributed by atoms with van der Waals surface area (Å²) in [4.78, 5) is 0. The van der Waals surface area contributed by atoms with Crippen molar-refractivity contribution >= 4 is 15.9 Å². The molecule has 2 rings (SSSR count). The molecular formula is C15H22BrNO3. The first kappa shape index (κ1) is 15.6. The molecule has 0 saturated carbocycles. The van der Waals surface area contributed by atoms with E-state index in [-0.39, 0.29) is 0 Å². The number of fused-ring (bicyclic) bond motifs is 1. The van der Waals surface area contributed by atoms with Crippen LogP contribution in [0.1, 0.15) is 25.8 Å². The van der Waals surface area contributed by atoms with Gasteiger partial charge in [-0.3, -0.25) is 0 Å². The molecule has 0 bridgehead atoms. The molecule has 0 saturated heterocycles. The van der Waals surface area contributed by atoms with Gasteiger partial charge in [0.05, 0.1) is 6.61 Å². The molecule has 1 aliphatic rings. The lowest BCUT2D eigenvalue weighted by atomic mass is 10.1. The minimum absolute atomic E-state index is 0.308. The molecule has 1 aromatic carbocycles. The topological polar surface area (TPSA) is 39.7 Å². The monoisotopic (exact) mass is 343 g/mol. The van der Waals surface area contributed by atoms with Crippen LogP contribution in [0.2, 0.25) is 0 Å². The van der Waals surface area contributed by atoms with Crippen LogP contribution in [0.15, 0.2) is 16.6 Å². The van der Waals surface area contributed by atoms with E-state index in [1.54, 1.807) is 0 Å². The third-order valence-corrected chi connectivity index (χ3v) is 3.86. The molecule has 0 aromatic heterocycles. The quantitative estimate of drug-likeness (QED) is 0.735. The minimum atomic E-state index is 0.308. The Morgan fingerprint density at radius 3 is 2.75 bits per heavy atom. The van der Waals surface area contributed by atoms with Gasteiger partial charge in [0.2, 0.25) is 6.79 Å². The summed E-state index contributed by atoms with van der Waals surface area (Å²) in [5, 5.41) is 3.37. The maximum atomic E-state index is 5.57. The first-order valence-corrected chi connectivity index (χ1v) is 7.82. The fourth-order valence-corrected chi connectivity index (χ4v) is 2.35. The van der Waals surface area contributed by atoms with Crippen LogP contribution in [-0.4, -0.2) is 26.6 Å². The van der Waals surface area contributed by atoms with Crippen molar-refractivity contribution in [1.82, 2.24) is 5.32 Å². The summed E-state index contributed by atoms with van der Waals surface area (Å²) in [5.41, 5.74) is 1.16. The van der Waals surface area contributed by atoms with Gasteiger partial charge in [-0.2, -0.15) is 0 Å². The van der Waals surface area contributed by atoms with E-state index in [9.17, 15) is 0 Å². The van der Waals surface area contributed by atoms with Crippen molar-refractivity contribution < 1.29 is 14.2 Å². The highest BCUT2D eigenvalue weighted by Gasteiger charge is 2.15. The van der Waals surface area contributed by atoms with Crippen LogP contribution in [0.25, 0.3) is 0 Å². The molecule has 20 heavy (non-hydrogen) atoms. The highest BCUT2D eigenvalue weighted by atomic mass is 79.9. The van der Waals surface area contributed by atoms with Crippen molar-refractivity contribution in [3.05, 3.63) is 22.2 Å². The normalized spacial score (nSPS) is 13.2. The molecule has 0 unspecified atom stereocenters. The van der Waals surface area contributed by atoms with Gasteiger partial charge < -0.3 is 19.5 Å². The number of ether oxygens (including phenoxy) is 3. The van der Waals surface area contributed by atoms with Gasteiger partial charge >= 0.3 is 0 Å². The van der Waals surface area contributed by atoms with Crippen LogP contribution >= 0.6 is 15.9 Å². The second-order valence-corrected chi connectivity index (χ2v) is 6.12. The summed E-state index contributed by atoms with van der Waals surface area (Å²) < 4.78 is 17.3. The van der Waals surface area contributed by atoms with Gasteiger partial charge in [-0.25, -0.2) is 0 Å². The van der Waals surface area contributed by atoms with Crippen molar-refractivity contribution in [2.75, 3.05) is 26.6 Å². The average Bonchev–Trinajstić information content (AvgIpc) is 2.84. The van der Waals surface area contributed by atoms with Crippen LogP contribution in [0, 0.1) is 5.92 Å². The Morgan fingerprint density at radius 1 is 1.25 bits per heavy atom. The maximum absolute atomic E-state index is 5.57.